The van der Waals surface area contributed by atoms with Crippen molar-refractivity contribution in [3.8, 4) is 0 Å². The first-order valence-corrected chi connectivity index (χ1v) is 3.19. The Morgan fingerprint density at radius 3 is 2.50 bits per heavy atom. The third-order valence-corrected chi connectivity index (χ3v) is 1.85. The van der Waals surface area contributed by atoms with E-state index in [-0.39, 0.29) is 45.4 Å². The number of hydrogen-bond acceptors (Lipinski definition) is 2. The van der Waals surface area contributed by atoms with Crippen LogP contribution in [0, 0.1) is 0 Å². The second-order valence-corrected chi connectivity index (χ2v) is 2.61. The zero-order chi connectivity index (χ0) is 6.85. The van der Waals surface area contributed by atoms with Crippen molar-refractivity contribution >= 4 is 0 Å². The minimum Gasteiger partial charge on any atom is -0.395 e. The van der Waals surface area contributed by atoms with Gasteiger partial charge >= 0.3 is 0 Å². The number of aliphatic hydroxyl groups excluding tert-OH is 1. The molecule has 1 aliphatic rings. The number of likely N-dealkylation sites (tertiary alicyclic amines) is 1. The predicted octanol–water partition coefficient (Wildman–Crippen LogP) is 0.0184. The minimum absolute atomic E-state index is 0. The third kappa shape index (κ3) is 2.53. The molecule has 1 saturated heterocycles. The Bertz CT molecular complexity index is 104. The second-order valence-electron chi connectivity index (χ2n) is 2.61. The maximum absolute atomic E-state index is 12.5. The fourth-order valence-corrected chi connectivity index (χ4v) is 1.23. The smallest absolute Gasteiger partial charge is 0.114 e. The molecule has 2 atom stereocenters. The topological polar surface area (TPSA) is 23.5 Å². The summed E-state index contributed by atoms with van der Waals surface area (Å²) < 4.78 is 12.5. The van der Waals surface area contributed by atoms with Gasteiger partial charge in [-0.2, -0.15) is 0 Å². The Labute approximate surface area is 85.7 Å². The molecule has 4 heteroatoms. The summed E-state index contributed by atoms with van der Waals surface area (Å²) in [4.78, 5) is 1.85. The van der Waals surface area contributed by atoms with E-state index in [0.29, 0.717) is 13.0 Å². The summed E-state index contributed by atoms with van der Waals surface area (Å²) >= 11 is 0. The first-order valence-electron chi connectivity index (χ1n) is 3.19. The molecule has 1 rings (SSSR count). The zero-order valence-corrected chi connectivity index (χ0v) is 8.96. The summed E-state index contributed by atoms with van der Waals surface area (Å²) in [6.07, 6.45) is -0.236. The van der Waals surface area contributed by atoms with Gasteiger partial charge in [0.05, 0.1) is 6.61 Å². The van der Waals surface area contributed by atoms with Gasteiger partial charge in [-0.15, -0.1) is 0 Å². The van der Waals surface area contributed by atoms with Gasteiger partial charge in [0, 0.05) is 45.3 Å². The number of halogens is 1. The van der Waals surface area contributed by atoms with Crippen LogP contribution in [-0.4, -0.2) is 42.4 Å². The molecular weight excluding hydrogens is 210 g/mol. The average molecular weight is 222 g/mol. The standard InChI is InChI=1S/C6H12FNO.Y/c1-8-3-5(7)2-6(8)4-9;/h5-6,9H,2-4H2,1H3;. The van der Waals surface area contributed by atoms with E-state index in [1.54, 1.807) is 0 Å². The second kappa shape index (κ2) is 4.76. The number of hydrogen-bond donors (Lipinski definition) is 1. The Morgan fingerprint density at radius 2 is 2.30 bits per heavy atom. The van der Waals surface area contributed by atoms with Crippen molar-refractivity contribution in [1.29, 1.82) is 0 Å². The van der Waals surface area contributed by atoms with Gasteiger partial charge in [-0.1, -0.05) is 0 Å². The van der Waals surface area contributed by atoms with Crippen LogP contribution in [0.3, 0.4) is 0 Å². The molecule has 2 unspecified atom stereocenters. The minimum atomic E-state index is -0.729. The summed E-state index contributed by atoms with van der Waals surface area (Å²) in [5, 5.41) is 8.65. The van der Waals surface area contributed by atoms with Gasteiger partial charge < -0.3 is 5.11 Å². The average Bonchev–Trinajstić information content (AvgIpc) is 2.10. The Hall–Kier alpha value is 0.954. The van der Waals surface area contributed by atoms with E-state index < -0.39 is 6.17 Å². The third-order valence-electron chi connectivity index (χ3n) is 1.85. The van der Waals surface area contributed by atoms with Crippen molar-refractivity contribution < 1.29 is 42.2 Å². The predicted molar refractivity (Wildman–Crippen MR) is 33.0 cm³/mol. The first-order chi connectivity index (χ1) is 4.24. The van der Waals surface area contributed by atoms with E-state index in [1.807, 2.05) is 11.9 Å². The van der Waals surface area contributed by atoms with E-state index in [4.69, 9.17) is 5.11 Å². The summed E-state index contributed by atoms with van der Waals surface area (Å²) in [6, 6.07) is 0.0556. The molecule has 10 heavy (non-hydrogen) atoms. The van der Waals surface area contributed by atoms with E-state index in [2.05, 4.69) is 0 Å². The summed E-state index contributed by atoms with van der Waals surface area (Å²) in [5.74, 6) is 0. The molecule has 0 amide bonds. The van der Waals surface area contributed by atoms with E-state index in [9.17, 15) is 4.39 Å². The van der Waals surface area contributed by atoms with Crippen LogP contribution in [0.5, 0.6) is 0 Å². The summed E-state index contributed by atoms with van der Waals surface area (Å²) in [6.45, 7) is 0.558. The van der Waals surface area contributed by atoms with Gasteiger partial charge in [0.1, 0.15) is 6.17 Å². The number of nitrogens with zero attached hydrogens (tertiary/aromatic N) is 1. The monoisotopic (exact) mass is 222 g/mol. The molecule has 57 valence electrons. The Kier molecular flexibility index (Phi) is 5.21. The molecular formula is C6H12FNOY. The number of rotatable bonds is 1. The van der Waals surface area contributed by atoms with Crippen LogP contribution in [0.15, 0.2) is 0 Å². The SMILES string of the molecule is CN1CC(F)CC1CO.[Y]. The van der Waals surface area contributed by atoms with E-state index in [0.717, 1.165) is 0 Å². The Balaban J connectivity index is 0.000000810. The van der Waals surface area contributed by atoms with Gasteiger partial charge in [-0.05, 0) is 13.5 Å². The van der Waals surface area contributed by atoms with Crippen molar-refractivity contribution in [2.75, 3.05) is 20.2 Å². The van der Waals surface area contributed by atoms with Crippen LogP contribution in [0.2, 0.25) is 0 Å². The van der Waals surface area contributed by atoms with Gasteiger partial charge in [0.15, 0.2) is 0 Å². The Morgan fingerprint density at radius 1 is 1.70 bits per heavy atom. The van der Waals surface area contributed by atoms with Crippen molar-refractivity contribution in [3.63, 3.8) is 0 Å². The normalized spacial score (nSPS) is 33.9. The molecule has 0 aliphatic carbocycles. The number of alkyl halides is 1. The van der Waals surface area contributed by atoms with Crippen LogP contribution in [0.4, 0.5) is 4.39 Å². The quantitative estimate of drug-likeness (QED) is 0.676. The van der Waals surface area contributed by atoms with Crippen molar-refractivity contribution in [1.82, 2.24) is 4.90 Å². The molecule has 1 N–H and O–H groups in total. The molecule has 1 aliphatic heterocycles. The maximum Gasteiger partial charge on any atom is 0.114 e. The van der Waals surface area contributed by atoms with Crippen LogP contribution in [-0.2, 0) is 32.7 Å². The maximum atomic E-state index is 12.5. The molecule has 0 aromatic rings. The molecule has 2 nitrogen and oxygen atoms in total. The van der Waals surface area contributed by atoms with Gasteiger partial charge in [0.25, 0.3) is 0 Å². The van der Waals surface area contributed by atoms with Gasteiger partial charge in [-0.25, -0.2) is 4.39 Å². The van der Waals surface area contributed by atoms with Gasteiger partial charge in [-0.3, -0.25) is 4.90 Å². The fourth-order valence-electron chi connectivity index (χ4n) is 1.23. The molecule has 0 saturated carbocycles. The molecule has 1 fully saturated rings. The molecule has 0 bridgehead atoms. The van der Waals surface area contributed by atoms with Gasteiger partial charge in [0.2, 0.25) is 0 Å². The molecule has 0 spiro atoms. The first kappa shape index (κ1) is 11.0. The molecule has 1 heterocycles. The fraction of sp³-hybridized carbons (Fsp3) is 1.00. The van der Waals surface area contributed by atoms with Crippen molar-refractivity contribution in [3.05, 3.63) is 0 Å². The number of aliphatic hydroxyl groups is 1. The van der Waals surface area contributed by atoms with Crippen molar-refractivity contribution in [2.45, 2.75) is 18.6 Å². The van der Waals surface area contributed by atoms with Crippen molar-refractivity contribution in [2.24, 2.45) is 0 Å². The van der Waals surface area contributed by atoms with Crippen LogP contribution < -0.4 is 0 Å². The summed E-state index contributed by atoms with van der Waals surface area (Å²) in [5.41, 5.74) is 0. The largest absolute Gasteiger partial charge is 0.395 e. The number of likely N-dealkylation sites (N-methyl/N-ethyl adjacent to an activating group) is 1. The zero-order valence-electron chi connectivity index (χ0n) is 6.13. The molecule has 0 aromatic heterocycles. The summed E-state index contributed by atoms with van der Waals surface area (Å²) in [7, 11) is 1.83. The van der Waals surface area contributed by atoms with E-state index in [1.165, 1.54) is 0 Å². The molecule has 0 aromatic carbocycles. The molecule has 1 radical (unpaired) electrons. The van der Waals surface area contributed by atoms with Crippen LogP contribution >= 0.6 is 0 Å². The van der Waals surface area contributed by atoms with Crippen LogP contribution in [0.25, 0.3) is 0 Å². The van der Waals surface area contributed by atoms with E-state index >= 15 is 0 Å². The van der Waals surface area contributed by atoms with Crippen LogP contribution in [0.1, 0.15) is 6.42 Å².